The molecule has 4 aromatic rings. The van der Waals surface area contributed by atoms with Crippen molar-refractivity contribution in [1.29, 1.82) is 0 Å². The first-order valence-corrected chi connectivity index (χ1v) is 8.23. The van der Waals surface area contributed by atoms with E-state index in [-0.39, 0.29) is 17.0 Å². The predicted octanol–water partition coefficient (Wildman–Crippen LogP) is 2.44. The summed E-state index contributed by atoms with van der Waals surface area (Å²) in [4.78, 5) is 20.3. The van der Waals surface area contributed by atoms with Crippen LogP contribution < -0.4 is 15.0 Å². The van der Waals surface area contributed by atoms with Gasteiger partial charge >= 0.3 is 0 Å². The van der Waals surface area contributed by atoms with E-state index >= 15 is 0 Å². The Labute approximate surface area is 154 Å². The lowest BCUT2D eigenvalue weighted by Gasteiger charge is -2.12. The first kappa shape index (κ1) is 16.8. The van der Waals surface area contributed by atoms with Gasteiger partial charge in [-0.25, -0.2) is 14.3 Å². The van der Waals surface area contributed by atoms with Gasteiger partial charge in [-0.05, 0) is 12.1 Å². The minimum Gasteiger partial charge on any atom is -0.497 e. The zero-order valence-corrected chi connectivity index (χ0v) is 15.1. The molecule has 0 aliphatic heterocycles. The summed E-state index contributed by atoms with van der Waals surface area (Å²) in [6.07, 6.45) is 0. The van der Waals surface area contributed by atoms with Crippen LogP contribution in [-0.4, -0.2) is 38.7 Å². The van der Waals surface area contributed by atoms with E-state index in [1.807, 2.05) is 24.3 Å². The lowest BCUT2D eigenvalue weighted by molar-refractivity contribution is 0.390. The van der Waals surface area contributed by atoms with Crippen molar-refractivity contribution in [3.05, 3.63) is 52.8 Å². The maximum atomic E-state index is 12.8. The van der Waals surface area contributed by atoms with Gasteiger partial charge in [-0.2, -0.15) is 0 Å². The molecule has 0 bridgehead atoms. The number of imidazole rings is 1. The van der Waals surface area contributed by atoms with Gasteiger partial charge < -0.3 is 19.6 Å². The second-order valence-electron chi connectivity index (χ2n) is 6.01. The summed E-state index contributed by atoms with van der Waals surface area (Å²) in [5, 5.41) is 10.9. The third-order valence-corrected chi connectivity index (χ3v) is 4.44. The zero-order chi connectivity index (χ0) is 19.1. The number of H-pyrrole nitrogens is 1. The van der Waals surface area contributed by atoms with Crippen LogP contribution in [0, 0.1) is 0 Å². The number of ether oxygens (including phenoxy) is 2. The van der Waals surface area contributed by atoms with Gasteiger partial charge in [0.25, 0.3) is 5.56 Å². The Morgan fingerprint density at radius 2 is 1.74 bits per heavy atom. The molecule has 0 atom stereocenters. The maximum Gasteiger partial charge on any atom is 0.281 e. The van der Waals surface area contributed by atoms with E-state index in [1.54, 1.807) is 25.2 Å². The minimum absolute atomic E-state index is 0.0930. The van der Waals surface area contributed by atoms with E-state index in [4.69, 9.17) is 9.47 Å². The fourth-order valence-electron chi connectivity index (χ4n) is 3.08. The number of rotatable bonds is 4. The van der Waals surface area contributed by atoms with Gasteiger partial charge in [-0.3, -0.25) is 4.79 Å². The molecule has 0 spiro atoms. The van der Waals surface area contributed by atoms with Gasteiger partial charge in [0.15, 0.2) is 0 Å². The average Bonchev–Trinajstić information content (AvgIpc) is 3.19. The fraction of sp³-hybridized carbons (Fsp3) is 0.158. The summed E-state index contributed by atoms with van der Waals surface area (Å²) in [6.45, 7) is 0. The second kappa shape index (κ2) is 6.24. The molecule has 2 aromatic heterocycles. The molecule has 27 heavy (non-hydrogen) atoms. The number of hydrogen-bond donors (Lipinski definition) is 2. The molecule has 8 nitrogen and oxygen atoms in total. The Bertz CT molecular complexity index is 1150. The molecular formula is C19H18N4O4. The number of aromatic nitrogens is 4. The smallest absolute Gasteiger partial charge is 0.281 e. The molecule has 0 aliphatic carbocycles. The Morgan fingerprint density at radius 3 is 2.37 bits per heavy atom. The highest BCUT2D eigenvalue weighted by atomic mass is 16.5. The van der Waals surface area contributed by atoms with Crippen LogP contribution in [0.2, 0.25) is 0 Å². The van der Waals surface area contributed by atoms with Gasteiger partial charge in [0.2, 0.25) is 5.88 Å². The number of nitrogens with zero attached hydrogens (tertiary/aromatic N) is 3. The number of nitrogens with one attached hydrogen (secondary N) is 1. The van der Waals surface area contributed by atoms with Crippen molar-refractivity contribution >= 4 is 11.0 Å². The standard InChI is InChI=1S/C19H18N4O4/c1-22-18(24)16(17-20-14-6-4-5-7-15(14)21-17)19(25)23(22)11-8-12(26-2)10-13(9-11)27-3/h4-10,25H,1-3H3,(H,20,21). The first-order valence-electron chi connectivity index (χ1n) is 8.23. The Morgan fingerprint density at radius 1 is 1.07 bits per heavy atom. The summed E-state index contributed by atoms with van der Waals surface area (Å²) in [5.41, 5.74) is 1.73. The summed E-state index contributed by atoms with van der Waals surface area (Å²) in [5.74, 6) is 1.16. The van der Waals surface area contributed by atoms with E-state index in [0.717, 1.165) is 5.52 Å². The van der Waals surface area contributed by atoms with Gasteiger partial charge in [-0.1, -0.05) is 12.1 Å². The number of aromatic hydroxyl groups is 1. The maximum absolute atomic E-state index is 12.8. The molecule has 0 amide bonds. The molecule has 0 unspecified atom stereocenters. The van der Waals surface area contributed by atoms with Gasteiger partial charge in [0.1, 0.15) is 22.9 Å². The lowest BCUT2D eigenvalue weighted by atomic mass is 10.2. The molecule has 0 saturated carbocycles. The number of aromatic amines is 1. The number of methoxy groups -OCH3 is 2. The summed E-state index contributed by atoms with van der Waals surface area (Å²) in [7, 11) is 4.64. The largest absolute Gasteiger partial charge is 0.497 e. The molecule has 0 fully saturated rings. The highest BCUT2D eigenvalue weighted by Crippen LogP contribution is 2.31. The van der Waals surface area contributed by atoms with Crippen molar-refractivity contribution in [3.8, 4) is 34.5 Å². The topological polar surface area (TPSA) is 94.3 Å². The Balaban J connectivity index is 1.95. The molecular weight excluding hydrogens is 348 g/mol. The lowest BCUT2D eigenvalue weighted by Crippen LogP contribution is -2.19. The van der Waals surface area contributed by atoms with Crippen molar-refractivity contribution in [2.45, 2.75) is 0 Å². The molecule has 2 N–H and O–H groups in total. The quantitative estimate of drug-likeness (QED) is 0.579. The Hall–Kier alpha value is -3.68. The van der Waals surface area contributed by atoms with E-state index < -0.39 is 0 Å². The molecule has 2 heterocycles. The number of hydrogen-bond acceptors (Lipinski definition) is 5. The summed E-state index contributed by atoms with van der Waals surface area (Å²) in [6, 6.07) is 12.5. The summed E-state index contributed by atoms with van der Waals surface area (Å²) >= 11 is 0. The molecule has 4 rings (SSSR count). The van der Waals surface area contributed by atoms with Crippen LogP contribution in [0.1, 0.15) is 0 Å². The van der Waals surface area contributed by atoms with Crippen LogP contribution in [0.5, 0.6) is 17.4 Å². The Kier molecular flexibility index (Phi) is 3.88. The monoisotopic (exact) mass is 366 g/mol. The van der Waals surface area contributed by atoms with Crippen LogP contribution >= 0.6 is 0 Å². The molecule has 0 saturated heterocycles. The second-order valence-corrected chi connectivity index (χ2v) is 6.01. The third-order valence-electron chi connectivity index (χ3n) is 4.44. The molecule has 0 radical (unpaired) electrons. The fourth-order valence-corrected chi connectivity index (χ4v) is 3.08. The van der Waals surface area contributed by atoms with Crippen molar-refractivity contribution in [1.82, 2.24) is 19.3 Å². The van der Waals surface area contributed by atoms with E-state index in [9.17, 15) is 9.90 Å². The number of para-hydroxylation sites is 2. The van der Waals surface area contributed by atoms with Crippen LogP contribution in [0.15, 0.2) is 47.3 Å². The van der Waals surface area contributed by atoms with Crippen LogP contribution in [-0.2, 0) is 7.05 Å². The highest BCUT2D eigenvalue weighted by molar-refractivity contribution is 5.80. The average molecular weight is 366 g/mol. The minimum atomic E-state index is -0.381. The normalized spacial score (nSPS) is 11.1. The van der Waals surface area contributed by atoms with Crippen LogP contribution in [0.3, 0.4) is 0 Å². The number of fused-ring (bicyclic) bond motifs is 1. The van der Waals surface area contributed by atoms with Crippen molar-refractivity contribution < 1.29 is 14.6 Å². The van der Waals surface area contributed by atoms with Gasteiger partial charge in [0.05, 0.1) is 30.9 Å². The van der Waals surface area contributed by atoms with Gasteiger partial charge in [-0.15, -0.1) is 0 Å². The van der Waals surface area contributed by atoms with Crippen molar-refractivity contribution in [2.24, 2.45) is 7.05 Å². The van der Waals surface area contributed by atoms with Gasteiger partial charge in [0, 0.05) is 25.2 Å². The molecule has 2 aromatic carbocycles. The molecule has 138 valence electrons. The molecule has 8 heteroatoms. The first-order chi connectivity index (χ1) is 13.0. The van der Waals surface area contributed by atoms with Crippen LogP contribution in [0.25, 0.3) is 28.1 Å². The van der Waals surface area contributed by atoms with E-state index in [1.165, 1.54) is 23.6 Å². The highest BCUT2D eigenvalue weighted by Gasteiger charge is 2.23. The van der Waals surface area contributed by atoms with Crippen molar-refractivity contribution in [3.63, 3.8) is 0 Å². The van der Waals surface area contributed by atoms with Crippen LogP contribution in [0.4, 0.5) is 0 Å². The van der Waals surface area contributed by atoms with Crippen molar-refractivity contribution in [2.75, 3.05) is 14.2 Å². The van der Waals surface area contributed by atoms with E-state index in [2.05, 4.69) is 9.97 Å². The predicted molar refractivity (Wildman–Crippen MR) is 101 cm³/mol. The SMILES string of the molecule is COc1cc(OC)cc(-n2c(O)c(-c3nc4ccccc4[nH]3)c(=O)n2C)c1. The third kappa shape index (κ3) is 2.62. The molecule has 0 aliphatic rings. The number of benzene rings is 2. The summed E-state index contributed by atoms with van der Waals surface area (Å²) < 4.78 is 13.3. The van der Waals surface area contributed by atoms with E-state index in [0.29, 0.717) is 28.5 Å². The zero-order valence-electron chi connectivity index (χ0n) is 15.1.